The van der Waals surface area contributed by atoms with Gasteiger partial charge in [-0.2, -0.15) is 0 Å². The molecule has 0 saturated heterocycles. The third kappa shape index (κ3) is 3.20. The topological polar surface area (TPSA) is 81.5 Å². The van der Waals surface area contributed by atoms with Crippen LogP contribution in [0.2, 0.25) is 10.0 Å². The molecule has 0 radical (unpaired) electrons. The number of nitrogens with one attached hydrogen (secondary N) is 1. The number of carbonyl (C=O) groups is 1. The standard InChI is InChI=1S/C16H10Cl2N2O4/c17-9-5-10(18)7-11(6-9)19-8-14(20(22)23)15-12-3-1-2-4-13(12)16(21)24-15/h1-8,15,19H/b14-8+. The number of nitrogens with zero attached hydrogens (tertiary/aromatic N) is 1. The van der Waals surface area contributed by atoms with Gasteiger partial charge in [0.15, 0.2) is 0 Å². The van der Waals surface area contributed by atoms with E-state index in [2.05, 4.69) is 5.32 Å². The minimum Gasteiger partial charge on any atom is -0.442 e. The Balaban J connectivity index is 1.94. The molecular formula is C16H10Cl2N2O4. The molecule has 0 aromatic heterocycles. The normalized spacial score (nSPS) is 16.5. The van der Waals surface area contributed by atoms with Crippen LogP contribution in [0.3, 0.4) is 0 Å². The smallest absolute Gasteiger partial charge is 0.339 e. The second-order valence-corrected chi connectivity index (χ2v) is 5.87. The number of hydrogen-bond acceptors (Lipinski definition) is 5. The molecule has 0 aliphatic carbocycles. The molecule has 1 aliphatic rings. The molecule has 1 unspecified atom stereocenters. The Bertz CT molecular complexity index is 847. The molecule has 8 heteroatoms. The maximum absolute atomic E-state index is 11.8. The van der Waals surface area contributed by atoms with Gasteiger partial charge < -0.3 is 10.1 Å². The van der Waals surface area contributed by atoms with E-state index in [9.17, 15) is 14.9 Å². The Morgan fingerprint density at radius 3 is 2.54 bits per heavy atom. The molecule has 2 aromatic rings. The molecular weight excluding hydrogens is 355 g/mol. The molecule has 0 saturated carbocycles. The summed E-state index contributed by atoms with van der Waals surface area (Å²) in [5.74, 6) is -0.589. The zero-order chi connectivity index (χ0) is 17.3. The van der Waals surface area contributed by atoms with Crippen LogP contribution >= 0.6 is 23.2 Å². The molecule has 122 valence electrons. The lowest BCUT2D eigenvalue weighted by Gasteiger charge is -2.09. The van der Waals surface area contributed by atoms with Gasteiger partial charge >= 0.3 is 11.7 Å². The summed E-state index contributed by atoms with van der Waals surface area (Å²) >= 11 is 11.8. The summed E-state index contributed by atoms with van der Waals surface area (Å²) in [4.78, 5) is 22.7. The number of esters is 1. The summed E-state index contributed by atoms with van der Waals surface area (Å²) in [5, 5.41) is 15.0. The van der Waals surface area contributed by atoms with Crippen molar-refractivity contribution in [1.29, 1.82) is 0 Å². The van der Waals surface area contributed by atoms with Crippen LogP contribution in [-0.2, 0) is 4.74 Å². The van der Waals surface area contributed by atoms with Crippen molar-refractivity contribution in [3.63, 3.8) is 0 Å². The minimum absolute atomic E-state index is 0.301. The first-order chi connectivity index (χ1) is 11.5. The largest absolute Gasteiger partial charge is 0.442 e. The molecule has 1 aliphatic heterocycles. The lowest BCUT2D eigenvalue weighted by molar-refractivity contribution is -0.436. The highest BCUT2D eigenvalue weighted by Crippen LogP contribution is 2.36. The first kappa shape index (κ1) is 16.3. The van der Waals surface area contributed by atoms with E-state index in [0.29, 0.717) is 26.9 Å². The van der Waals surface area contributed by atoms with Crippen molar-refractivity contribution in [2.45, 2.75) is 6.10 Å². The van der Waals surface area contributed by atoms with E-state index in [1.807, 2.05) is 0 Å². The van der Waals surface area contributed by atoms with E-state index >= 15 is 0 Å². The predicted molar refractivity (Wildman–Crippen MR) is 89.8 cm³/mol. The third-order valence-electron chi connectivity index (χ3n) is 3.42. The maximum Gasteiger partial charge on any atom is 0.339 e. The number of hydrogen-bond donors (Lipinski definition) is 1. The van der Waals surface area contributed by atoms with Crippen LogP contribution in [0.1, 0.15) is 22.0 Å². The molecule has 2 aromatic carbocycles. The van der Waals surface area contributed by atoms with Crippen molar-refractivity contribution in [1.82, 2.24) is 0 Å². The fourth-order valence-corrected chi connectivity index (χ4v) is 2.91. The molecule has 0 bridgehead atoms. The lowest BCUT2D eigenvalue weighted by atomic mass is 10.0. The summed E-state index contributed by atoms with van der Waals surface area (Å²) in [5.41, 5.74) is 0.950. The monoisotopic (exact) mass is 364 g/mol. The molecule has 3 rings (SSSR count). The summed E-state index contributed by atoms with van der Waals surface area (Å²) in [6.07, 6.45) is 0.0908. The molecule has 1 heterocycles. The minimum atomic E-state index is -1.08. The second-order valence-electron chi connectivity index (χ2n) is 5.00. The van der Waals surface area contributed by atoms with E-state index < -0.39 is 17.0 Å². The fourth-order valence-electron chi connectivity index (χ4n) is 2.38. The van der Waals surface area contributed by atoms with Crippen molar-refractivity contribution in [3.8, 4) is 0 Å². The van der Waals surface area contributed by atoms with Gasteiger partial charge in [0.05, 0.1) is 16.7 Å². The second kappa shape index (κ2) is 6.51. The van der Waals surface area contributed by atoms with Gasteiger partial charge in [-0.3, -0.25) is 10.1 Å². The SMILES string of the molecule is O=C1OC(/C(=C\Nc2cc(Cl)cc(Cl)c2)[N+](=O)[O-])c2ccccc21. The Kier molecular flexibility index (Phi) is 4.42. The Hall–Kier alpha value is -2.57. The number of benzene rings is 2. The molecule has 0 amide bonds. The van der Waals surface area contributed by atoms with Crippen molar-refractivity contribution < 1.29 is 14.5 Å². The van der Waals surface area contributed by atoms with Crippen molar-refractivity contribution in [2.75, 3.05) is 5.32 Å². The van der Waals surface area contributed by atoms with Gasteiger partial charge in [0, 0.05) is 21.3 Å². The van der Waals surface area contributed by atoms with Gasteiger partial charge in [-0.1, -0.05) is 41.4 Å². The number of carbonyl (C=O) groups excluding carboxylic acids is 1. The number of nitro groups is 1. The number of anilines is 1. The molecule has 0 fully saturated rings. The zero-order valence-corrected chi connectivity index (χ0v) is 13.5. The molecule has 1 N–H and O–H groups in total. The highest BCUT2D eigenvalue weighted by molar-refractivity contribution is 6.35. The maximum atomic E-state index is 11.8. The van der Waals surface area contributed by atoms with Gasteiger partial charge in [-0.25, -0.2) is 4.79 Å². The molecule has 6 nitrogen and oxygen atoms in total. The third-order valence-corrected chi connectivity index (χ3v) is 3.85. The van der Waals surface area contributed by atoms with E-state index in [-0.39, 0.29) is 5.70 Å². The Morgan fingerprint density at radius 1 is 1.21 bits per heavy atom. The van der Waals surface area contributed by atoms with Crippen LogP contribution in [0, 0.1) is 10.1 Å². The number of cyclic esters (lactones) is 1. The Labute approximate surface area is 146 Å². The first-order valence-corrected chi connectivity index (χ1v) is 7.58. The van der Waals surface area contributed by atoms with E-state index in [0.717, 1.165) is 0 Å². The quantitative estimate of drug-likeness (QED) is 0.492. The van der Waals surface area contributed by atoms with Gasteiger partial charge in [0.2, 0.25) is 6.10 Å². The van der Waals surface area contributed by atoms with Crippen molar-refractivity contribution in [2.24, 2.45) is 0 Å². The summed E-state index contributed by atoms with van der Waals surface area (Å²) in [6, 6.07) is 11.2. The van der Waals surface area contributed by atoms with Crippen molar-refractivity contribution >= 4 is 34.9 Å². The molecule has 24 heavy (non-hydrogen) atoms. The van der Waals surface area contributed by atoms with E-state index in [4.69, 9.17) is 27.9 Å². The number of fused-ring (bicyclic) bond motifs is 1. The van der Waals surface area contributed by atoms with E-state index in [1.165, 1.54) is 6.20 Å². The van der Waals surface area contributed by atoms with Gasteiger partial charge in [0.25, 0.3) is 0 Å². The molecule has 0 spiro atoms. The van der Waals surface area contributed by atoms with E-state index in [1.54, 1.807) is 42.5 Å². The molecule has 1 atom stereocenters. The summed E-state index contributed by atoms with van der Waals surface area (Å²) in [7, 11) is 0. The zero-order valence-electron chi connectivity index (χ0n) is 12.0. The Morgan fingerprint density at radius 2 is 1.88 bits per heavy atom. The highest BCUT2D eigenvalue weighted by Gasteiger charge is 2.39. The van der Waals surface area contributed by atoms with Gasteiger partial charge in [-0.05, 0) is 24.3 Å². The average Bonchev–Trinajstić information content (AvgIpc) is 2.84. The van der Waals surface area contributed by atoms with Crippen LogP contribution in [0.15, 0.2) is 54.4 Å². The van der Waals surface area contributed by atoms with Gasteiger partial charge in [0.1, 0.15) is 0 Å². The highest BCUT2D eigenvalue weighted by atomic mass is 35.5. The number of ether oxygens (including phenoxy) is 1. The first-order valence-electron chi connectivity index (χ1n) is 6.82. The van der Waals surface area contributed by atoms with Crippen LogP contribution in [0.5, 0.6) is 0 Å². The summed E-state index contributed by atoms with van der Waals surface area (Å²) in [6.45, 7) is 0. The van der Waals surface area contributed by atoms with Crippen LogP contribution in [0.4, 0.5) is 5.69 Å². The lowest BCUT2D eigenvalue weighted by Crippen LogP contribution is -2.12. The number of rotatable bonds is 4. The fraction of sp³-hybridized carbons (Fsp3) is 0.0625. The van der Waals surface area contributed by atoms with Crippen LogP contribution < -0.4 is 5.32 Å². The predicted octanol–water partition coefficient (Wildman–Crippen LogP) is 4.44. The average molecular weight is 365 g/mol. The number of halogens is 2. The van der Waals surface area contributed by atoms with Gasteiger partial charge in [-0.15, -0.1) is 0 Å². The summed E-state index contributed by atoms with van der Waals surface area (Å²) < 4.78 is 5.15. The van der Waals surface area contributed by atoms with Crippen LogP contribution in [0.25, 0.3) is 0 Å². The van der Waals surface area contributed by atoms with Crippen LogP contribution in [-0.4, -0.2) is 10.9 Å². The van der Waals surface area contributed by atoms with Crippen molar-refractivity contribution in [3.05, 3.63) is 85.6 Å².